The molecule has 5 nitrogen and oxygen atoms in total. The minimum absolute atomic E-state index is 0.0888. The Labute approximate surface area is 149 Å². The quantitative estimate of drug-likeness (QED) is 0.747. The van der Waals surface area contributed by atoms with Crippen LogP contribution in [0.5, 0.6) is 0 Å². The fourth-order valence-electron chi connectivity index (χ4n) is 2.25. The summed E-state index contributed by atoms with van der Waals surface area (Å²) in [5, 5.41) is 5.34. The zero-order valence-corrected chi connectivity index (χ0v) is 14.0. The largest absolute Gasteiger partial charge is 0.321 e. The number of rotatable bonds is 4. The second kappa shape index (κ2) is 7.57. The lowest BCUT2D eigenvalue weighted by Gasteiger charge is -2.07. The zero-order chi connectivity index (χ0) is 18.5. The minimum atomic E-state index is -0.485. The van der Waals surface area contributed by atoms with E-state index in [2.05, 4.69) is 15.6 Å². The first-order chi connectivity index (χ1) is 12.5. The van der Waals surface area contributed by atoms with E-state index < -0.39 is 17.6 Å². The number of halogens is 1. The van der Waals surface area contributed by atoms with Gasteiger partial charge in [0.25, 0.3) is 11.8 Å². The fraction of sp³-hybridized carbons (Fsp3) is 0.0500. The molecule has 0 spiro atoms. The first kappa shape index (κ1) is 17.3. The van der Waals surface area contributed by atoms with Crippen molar-refractivity contribution in [3.8, 4) is 0 Å². The Morgan fingerprint density at radius 1 is 0.769 bits per heavy atom. The van der Waals surface area contributed by atoms with Gasteiger partial charge >= 0.3 is 0 Å². The highest BCUT2D eigenvalue weighted by Crippen LogP contribution is 2.12. The molecule has 2 aromatic carbocycles. The summed E-state index contributed by atoms with van der Waals surface area (Å²) in [4.78, 5) is 28.7. The van der Waals surface area contributed by atoms with Crippen LogP contribution in [0.4, 0.5) is 15.8 Å². The lowest BCUT2D eigenvalue weighted by Crippen LogP contribution is -2.18. The molecule has 0 aliphatic heterocycles. The molecular formula is C20H16FN3O2. The average Bonchev–Trinajstić information content (AvgIpc) is 2.65. The van der Waals surface area contributed by atoms with Gasteiger partial charge in [0.1, 0.15) is 17.2 Å². The maximum Gasteiger partial charge on any atom is 0.274 e. The maximum atomic E-state index is 12.9. The fourth-order valence-corrected chi connectivity index (χ4v) is 2.25. The number of benzene rings is 2. The van der Waals surface area contributed by atoms with Crippen LogP contribution in [0.1, 0.15) is 26.5 Å². The molecule has 0 saturated heterocycles. The number of aryl methyl sites for hydroxylation is 1. The third kappa shape index (κ3) is 4.30. The van der Waals surface area contributed by atoms with E-state index in [0.717, 1.165) is 5.56 Å². The van der Waals surface area contributed by atoms with Crippen molar-refractivity contribution in [3.63, 3.8) is 0 Å². The third-order valence-electron chi connectivity index (χ3n) is 3.63. The second-order valence-corrected chi connectivity index (χ2v) is 5.69. The monoisotopic (exact) mass is 349 g/mol. The number of nitrogens with zero attached hydrogens (tertiary/aromatic N) is 1. The van der Waals surface area contributed by atoms with Crippen molar-refractivity contribution in [2.45, 2.75) is 6.92 Å². The van der Waals surface area contributed by atoms with Crippen molar-refractivity contribution in [1.82, 2.24) is 4.98 Å². The van der Waals surface area contributed by atoms with Crippen LogP contribution in [0, 0.1) is 12.7 Å². The Morgan fingerprint density at radius 2 is 1.23 bits per heavy atom. The lowest BCUT2D eigenvalue weighted by atomic mass is 10.2. The minimum Gasteiger partial charge on any atom is -0.321 e. The lowest BCUT2D eigenvalue weighted by molar-refractivity contribution is 0.101. The van der Waals surface area contributed by atoms with E-state index in [1.54, 1.807) is 18.2 Å². The third-order valence-corrected chi connectivity index (χ3v) is 3.63. The Kier molecular flexibility index (Phi) is 5.03. The molecule has 0 atom stereocenters. The van der Waals surface area contributed by atoms with Crippen LogP contribution in [0.2, 0.25) is 0 Å². The summed E-state index contributed by atoms with van der Waals surface area (Å²) >= 11 is 0. The molecule has 130 valence electrons. The SMILES string of the molecule is Cc1ccc(NC(=O)c2cccc(C(=O)Nc3ccc(F)cc3)n2)cc1. The first-order valence-electron chi connectivity index (χ1n) is 7.93. The van der Waals surface area contributed by atoms with Gasteiger partial charge in [-0.05, 0) is 55.5 Å². The summed E-state index contributed by atoms with van der Waals surface area (Å²) in [6.07, 6.45) is 0. The molecule has 0 fully saturated rings. The van der Waals surface area contributed by atoms with Crippen molar-refractivity contribution in [2.24, 2.45) is 0 Å². The highest BCUT2D eigenvalue weighted by atomic mass is 19.1. The topological polar surface area (TPSA) is 71.1 Å². The molecule has 2 amide bonds. The highest BCUT2D eigenvalue weighted by Gasteiger charge is 2.13. The molecule has 0 radical (unpaired) electrons. The van der Waals surface area contributed by atoms with E-state index in [4.69, 9.17) is 0 Å². The summed E-state index contributed by atoms with van der Waals surface area (Å²) in [6.45, 7) is 1.95. The summed E-state index contributed by atoms with van der Waals surface area (Å²) in [7, 11) is 0. The van der Waals surface area contributed by atoms with Crippen LogP contribution < -0.4 is 10.6 Å². The average molecular weight is 349 g/mol. The van der Waals surface area contributed by atoms with Gasteiger partial charge in [-0.3, -0.25) is 9.59 Å². The van der Waals surface area contributed by atoms with Crippen LogP contribution in [-0.4, -0.2) is 16.8 Å². The number of hydrogen-bond donors (Lipinski definition) is 2. The van der Waals surface area contributed by atoms with Gasteiger partial charge in [0.05, 0.1) is 0 Å². The van der Waals surface area contributed by atoms with E-state index in [-0.39, 0.29) is 11.4 Å². The van der Waals surface area contributed by atoms with Crippen molar-refractivity contribution in [1.29, 1.82) is 0 Å². The van der Waals surface area contributed by atoms with Crippen LogP contribution in [0.3, 0.4) is 0 Å². The molecule has 0 aliphatic rings. The van der Waals surface area contributed by atoms with Crippen LogP contribution in [0.15, 0.2) is 66.7 Å². The Bertz CT molecular complexity index is 863. The number of anilines is 2. The van der Waals surface area contributed by atoms with E-state index in [0.29, 0.717) is 11.4 Å². The number of carbonyl (C=O) groups excluding carboxylic acids is 2. The number of carbonyl (C=O) groups is 2. The maximum absolute atomic E-state index is 12.9. The normalized spacial score (nSPS) is 10.2. The summed E-state index contributed by atoms with van der Waals surface area (Å²) in [5.74, 6) is -1.29. The smallest absolute Gasteiger partial charge is 0.274 e. The molecule has 0 aliphatic carbocycles. The van der Waals surface area contributed by atoms with Gasteiger partial charge in [0, 0.05) is 11.4 Å². The molecule has 6 heteroatoms. The molecule has 3 rings (SSSR count). The van der Waals surface area contributed by atoms with Crippen molar-refractivity contribution in [2.75, 3.05) is 10.6 Å². The molecule has 0 unspecified atom stereocenters. The first-order valence-corrected chi connectivity index (χ1v) is 7.93. The number of amides is 2. The van der Waals surface area contributed by atoms with Crippen LogP contribution in [-0.2, 0) is 0 Å². The zero-order valence-electron chi connectivity index (χ0n) is 14.0. The van der Waals surface area contributed by atoms with Gasteiger partial charge in [-0.25, -0.2) is 9.37 Å². The van der Waals surface area contributed by atoms with E-state index >= 15 is 0 Å². The van der Waals surface area contributed by atoms with E-state index in [9.17, 15) is 14.0 Å². The Morgan fingerprint density at radius 3 is 1.73 bits per heavy atom. The van der Waals surface area contributed by atoms with Gasteiger partial charge in [-0.1, -0.05) is 23.8 Å². The number of nitrogens with one attached hydrogen (secondary N) is 2. The van der Waals surface area contributed by atoms with Crippen molar-refractivity contribution in [3.05, 3.63) is 89.5 Å². The summed E-state index contributed by atoms with van der Waals surface area (Å²) in [5.41, 5.74) is 2.38. The summed E-state index contributed by atoms with van der Waals surface area (Å²) in [6, 6.07) is 17.3. The Hall–Kier alpha value is -3.54. The number of pyridine rings is 1. The van der Waals surface area contributed by atoms with Crippen LogP contribution >= 0.6 is 0 Å². The molecule has 3 aromatic rings. The molecule has 0 saturated carbocycles. The van der Waals surface area contributed by atoms with Gasteiger partial charge in [0.2, 0.25) is 0 Å². The van der Waals surface area contributed by atoms with Crippen molar-refractivity contribution >= 4 is 23.2 Å². The standard InChI is InChI=1S/C20H16FN3O2/c1-13-5-9-15(10-6-13)22-19(25)17-3-2-4-18(24-17)20(26)23-16-11-7-14(21)8-12-16/h2-12H,1H3,(H,22,25)(H,23,26). The number of hydrogen-bond acceptors (Lipinski definition) is 3. The summed E-state index contributed by atoms with van der Waals surface area (Å²) < 4.78 is 12.9. The molecule has 0 bridgehead atoms. The molecule has 1 aromatic heterocycles. The van der Waals surface area contributed by atoms with Gasteiger partial charge < -0.3 is 10.6 Å². The molecule has 2 N–H and O–H groups in total. The highest BCUT2D eigenvalue weighted by molar-refractivity contribution is 6.06. The second-order valence-electron chi connectivity index (χ2n) is 5.69. The predicted molar refractivity (Wildman–Crippen MR) is 97.7 cm³/mol. The predicted octanol–water partition coefficient (Wildman–Crippen LogP) is 4.03. The molecule has 26 heavy (non-hydrogen) atoms. The van der Waals surface area contributed by atoms with Gasteiger partial charge in [-0.2, -0.15) is 0 Å². The molecule has 1 heterocycles. The molecular weight excluding hydrogens is 333 g/mol. The van der Waals surface area contributed by atoms with E-state index in [1.807, 2.05) is 19.1 Å². The van der Waals surface area contributed by atoms with Gasteiger partial charge in [-0.15, -0.1) is 0 Å². The Balaban J connectivity index is 1.72. The number of aromatic nitrogens is 1. The van der Waals surface area contributed by atoms with Gasteiger partial charge in [0.15, 0.2) is 0 Å². The van der Waals surface area contributed by atoms with E-state index in [1.165, 1.54) is 36.4 Å². The van der Waals surface area contributed by atoms with Crippen molar-refractivity contribution < 1.29 is 14.0 Å². The van der Waals surface area contributed by atoms with Crippen LogP contribution in [0.25, 0.3) is 0 Å².